The lowest BCUT2D eigenvalue weighted by Crippen LogP contribution is -2.35. The molecular formula is C24H23BrN6O3S. The number of thiazole rings is 1. The van der Waals surface area contributed by atoms with Gasteiger partial charge in [0, 0.05) is 17.0 Å². The number of ketones is 1. The quantitative estimate of drug-likeness (QED) is 0.253. The van der Waals surface area contributed by atoms with E-state index < -0.39 is 18.2 Å². The Kier molecular flexibility index (Phi) is 6.74. The largest absolute Gasteiger partial charge is 0.390 e. The van der Waals surface area contributed by atoms with Crippen LogP contribution in [0.25, 0.3) is 10.9 Å². The van der Waals surface area contributed by atoms with E-state index in [1.807, 2.05) is 24.3 Å². The van der Waals surface area contributed by atoms with E-state index in [0.29, 0.717) is 30.2 Å². The molecule has 11 heteroatoms. The molecule has 0 aliphatic heterocycles. The summed E-state index contributed by atoms with van der Waals surface area (Å²) in [5, 5.41) is 27.3. The van der Waals surface area contributed by atoms with Gasteiger partial charge in [0.2, 0.25) is 5.78 Å². The van der Waals surface area contributed by atoms with Crippen LogP contribution in [0.5, 0.6) is 0 Å². The van der Waals surface area contributed by atoms with Crippen LogP contribution in [0.1, 0.15) is 34.5 Å². The fourth-order valence-electron chi connectivity index (χ4n) is 4.51. The molecule has 5 N–H and O–H groups in total. The second-order valence-electron chi connectivity index (χ2n) is 8.64. The molecule has 0 radical (unpaired) electrons. The van der Waals surface area contributed by atoms with Gasteiger partial charge < -0.3 is 21.3 Å². The van der Waals surface area contributed by atoms with Crippen molar-refractivity contribution in [3.05, 3.63) is 69.0 Å². The topological polar surface area (TPSA) is 147 Å². The Morgan fingerprint density at radius 2 is 2.09 bits per heavy atom. The van der Waals surface area contributed by atoms with Crippen molar-refractivity contribution < 1.29 is 15.0 Å². The molecule has 3 aromatic heterocycles. The van der Waals surface area contributed by atoms with Gasteiger partial charge in [0.05, 0.1) is 33.2 Å². The number of anilines is 2. The highest BCUT2D eigenvalue weighted by molar-refractivity contribution is 9.10. The third kappa shape index (κ3) is 4.90. The number of nitrogens with two attached hydrogens (primary N) is 1. The van der Waals surface area contributed by atoms with Crippen LogP contribution >= 0.6 is 27.3 Å². The number of nitrogen functional groups attached to an aromatic ring is 1. The first-order valence-corrected chi connectivity index (χ1v) is 12.8. The van der Waals surface area contributed by atoms with Gasteiger partial charge in [0.15, 0.2) is 0 Å². The number of aryl methyl sites for hydroxylation is 1. The maximum Gasteiger partial charge on any atom is 0.217 e. The van der Waals surface area contributed by atoms with Gasteiger partial charge in [-0.15, -0.1) is 11.3 Å². The SMILES string of the molecule is Nc1nc2cc(CC[C@H]3C[C@@H](Nc4ncncc4C(=O)c4cscn4)[C@H](O)[C@@H]3O)ccc2cc1Br. The van der Waals surface area contributed by atoms with Crippen LogP contribution in [0.15, 0.2) is 52.2 Å². The predicted octanol–water partition coefficient (Wildman–Crippen LogP) is 3.21. The second-order valence-corrected chi connectivity index (χ2v) is 10.2. The summed E-state index contributed by atoms with van der Waals surface area (Å²) >= 11 is 4.73. The normalized spacial score (nSPS) is 21.9. The molecular weight excluding hydrogens is 532 g/mol. The highest BCUT2D eigenvalue weighted by atomic mass is 79.9. The third-order valence-corrected chi connectivity index (χ3v) is 7.63. The van der Waals surface area contributed by atoms with Gasteiger partial charge in [-0.2, -0.15) is 0 Å². The summed E-state index contributed by atoms with van der Waals surface area (Å²) < 4.78 is 0.763. The number of nitrogens with one attached hydrogen (secondary N) is 1. The maximum absolute atomic E-state index is 12.8. The number of pyridine rings is 1. The minimum Gasteiger partial charge on any atom is -0.390 e. The van der Waals surface area contributed by atoms with Gasteiger partial charge in [-0.3, -0.25) is 4.79 Å². The summed E-state index contributed by atoms with van der Waals surface area (Å²) in [4.78, 5) is 29.5. The molecule has 1 aliphatic rings. The Balaban J connectivity index is 1.27. The number of aromatic nitrogens is 4. The van der Waals surface area contributed by atoms with Crippen molar-refractivity contribution in [2.45, 2.75) is 37.5 Å². The molecule has 180 valence electrons. The summed E-state index contributed by atoms with van der Waals surface area (Å²) in [6, 6.07) is 7.53. The molecule has 0 saturated heterocycles. The van der Waals surface area contributed by atoms with Crippen molar-refractivity contribution in [1.29, 1.82) is 0 Å². The van der Waals surface area contributed by atoms with Gasteiger partial charge in [-0.25, -0.2) is 19.9 Å². The van der Waals surface area contributed by atoms with Crippen molar-refractivity contribution >= 4 is 55.6 Å². The predicted molar refractivity (Wildman–Crippen MR) is 137 cm³/mol. The first kappa shape index (κ1) is 23.7. The van der Waals surface area contributed by atoms with Crippen LogP contribution in [0.2, 0.25) is 0 Å². The number of carbonyl (C=O) groups excluding carboxylic acids is 1. The standard InChI is InChI=1S/C24H23BrN6O3S/c25-16-6-13-3-1-12(5-17(13)30-23(16)26)2-4-14-7-18(22(34)20(14)32)31-24-15(8-27-10-28-24)21(33)19-9-35-11-29-19/h1,3,5-6,8-11,14,18,20,22,32,34H,2,4,7H2,(H2,26,30)(H,27,28,31)/t14-,18+,20+,22-/m0/s1. The number of halogens is 1. The van der Waals surface area contributed by atoms with Crippen LogP contribution in [0, 0.1) is 5.92 Å². The Labute approximate surface area is 213 Å². The molecule has 0 amide bonds. The number of hydrogen-bond donors (Lipinski definition) is 4. The van der Waals surface area contributed by atoms with Crippen LogP contribution < -0.4 is 11.1 Å². The summed E-state index contributed by atoms with van der Waals surface area (Å²) in [6.07, 6.45) is 2.82. The molecule has 9 nitrogen and oxygen atoms in total. The molecule has 3 heterocycles. The highest BCUT2D eigenvalue weighted by Crippen LogP contribution is 2.33. The van der Waals surface area contributed by atoms with Crippen molar-refractivity contribution in [3.8, 4) is 0 Å². The zero-order valence-corrected chi connectivity index (χ0v) is 20.9. The van der Waals surface area contributed by atoms with Crippen LogP contribution in [-0.2, 0) is 6.42 Å². The second kappa shape index (κ2) is 9.94. The number of hydrogen-bond acceptors (Lipinski definition) is 10. The van der Waals surface area contributed by atoms with E-state index in [1.165, 1.54) is 23.9 Å². The first-order chi connectivity index (χ1) is 16.9. The maximum atomic E-state index is 12.8. The van der Waals surface area contributed by atoms with Gasteiger partial charge in [0.1, 0.15) is 29.8 Å². The fraction of sp³-hybridized carbons (Fsp3) is 0.292. The number of carbonyl (C=O) groups is 1. The van der Waals surface area contributed by atoms with E-state index in [0.717, 1.165) is 27.4 Å². The molecule has 4 atom stereocenters. The van der Waals surface area contributed by atoms with E-state index in [9.17, 15) is 15.0 Å². The van der Waals surface area contributed by atoms with Crippen LogP contribution in [-0.4, -0.2) is 54.2 Å². The molecule has 35 heavy (non-hydrogen) atoms. The van der Waals surface area contributed by atoms with Gasteiger partial charge in [0.25, 0.3) is 0 Å². The number of aliphatic hydroxyl groups is 2. The van der Waals surface area contributed by atoms with E-state index in [1.54, 1.807) is 10.9 Å². The summed E-state index contributed by atoms with van der Waals surface area (Å²) in [5.41, 5.74) is 10.00. The van der Waals surface area contributed by atoms with Gasteiger partial charge in [-0.05, 0) is 58.8 Å². The molecule has 0 spiro atoms. The monoisotopic (exact) mass is 554 g/mol. The first-order valence-electron chi connectivity index (χ1n) is 11.1. The number of benzene rings is 1. The van der Waals surface area contributed by atoms with Crippen molar-refractivity contribution in [2.24, 2.45) is 5.92 Å². The Hall–Kier alpha value is -2.99. The molecule has 1 fully saturated rings. The lowest BCUT2D eigenvalue weighted by molar-refractivity contribution is 0.0158. The minimum atomic E-state index is -0.993. The smallest absolute Gasteiger partial charge is 0.217 e. The molecule has 1 aliphatic carbocycles. The molecule has 0 unspecified atom stereocenters. The van der Waals surface area contributed by atoms with Crippen molar-refractivity contribution in [3.63, 3.8) is 0 Å². The van der Waals surface area contributed by atoms with E-state index in [2.05, 4.69) is 41.2 Å². The molecule has 5 rings (SSSR count). The highest BCUT2D eigenvalue weighted by Gasteiger charge is 2.41. The fourth-order valence-corrected chi connectivity index (χ4v) is 5.38. The number of aliphatic hydroxyl groups excluding tert-OH is 2. The zero-order chi connectivity index (χ0) is 24.5. The third-order valence-electron chi connectivity index (χ3n) is 6.41. The minimum absolute atomic E-state index is 0.124. The molecule has 4 aromatic rings. The Morgan fingerprint density at radius 3 is 2.89 bits per heavy atom. The van der Waals surface area contributed by atoms with Crippen molar-refractivity contribution in [2.75, 3.05) is 11.1 Å². The summed E-state index contributed by atoms with van der Waals surface area (Å²) in [6.45, 7) is 0. The van der Waals surface area contributed by atoms with Gasteiger partial charge in [-0.1, -0.05) is 12.1 Å². The summed E-state index contributed by atoms with van der Waals surface area (Å²) in [5.74, 6) is 0.340. The Bertz CT molecular complexity index is 1370. The Morgan fingerprint density at radius 1 is 1.23 bits per heavy atom. The van der Waals surface area contributed by atoms with E-state index in [-0.39, 0.29) is 17.3 Å². The zero-order valence-electron chi connectivity index (χ0n) is 18.5. The van der Waals surface area contributed by atoms with Crippen LogP contribution in [0.4, 0.5) is 11.6 Å². The van der Waals surface area contributed by atoms with Crippen LogP contribution in [0.3, 0.4) is 0 Å². The number of fused-ring (bicyclic) bond motifs is 1. The average molecular weight is 555 g/mol. The van der Waals surface area contributed by atoms with E-state index >= 15 is 0 Å². The van der Waals surface area contributed by atoms with E-state index in [4.69, 9.17) is 5.73 Å². The molecule has 1 aromatic carbocycles. The van der Waals surface area contributed by atoms with Gasteiger partial charge >= 0.3 is 0 Å². The lowest BCUT2D eigenvalue weighted by atomic mass is 9.95. The molecule has 1 saturated carbocycles. The molecule has 0 bridgehead atoms. The average Bonchev–Trinajstić information content (AvgIpc) is 3.48. The lowest BCUT2D eigenvalue weighted by Gasteiger charge is -2.19. The summed E-state index contributed by atoms with van der Waals surface area (Å²) in [7, 11) is 0. The number of nitrogens with zero attached hydrogens (tertiary/aromatic N) is 4. The number of rotatable bonds is 7. The van der Waals surface area contributed by atoms with Crippen molar-refractivity contribution in [1.82, 2.24) is 19.9 Å².